The molecule has 2 atom stereocenters. The van der Waals surface area contributed by atoms with E-state index in [9.17, 15) is 0 Å². The van der Waals surface area contributed by atoms with Crippen molar-refractivity contribution >= 4 is 27.3 Å². The van der Waals surface area contributed by atoms with Crippen LogP contribution in [0.15, 0.2) is 15.2 Å². The first-order valence-corrected chi connectivity index (χ1v) is 7.81. The molecule has 1 aromatic rings. The van der Waals surface area contributed by atoms with E-state index in [1.165, 1.54) is 28.6 Å². The number of rotatable bonds is 7. The fraction of sp³-hybridized carbons (Fsp3) is 0.692. The first-order valence-electron chi connectivity index (χ1n) is 6.14. The molecule has 0 amide bonds. The number of nitrogens with one attached hydrogen (secondary N) is 1. The van der Waals surface area contributed by atoms with Crippen molar-refractivity contribution < 1.29 is 0 Å². The zero-order valence-corrected chi connectivity index (χ0v) is 12.8. The van der Waals surface area contributed by atoms with Crippen molar-refractivity contribution in [2.24, 2.45) is 5.92 Å². The van der Waals surface area contributed by atoms with Crippen LogP contribution in [-0.4, -0.2) is 6.54 Å². The zero-order chi connectivity index (χ0) is 12.0. The standard InChI is InChI=1S/C13H22BrNS/c1-4-6-10(3)7-12(15-5-2)11-8-13(14)16-9-11/h8-10,12,15H,4-7H2,1-3H3. The Labute approximate surface area is 112 Å². The topological polar surface area (TPSA) is 12.0 Å². The molecule has 1 heterocycles. The van der Waals surface area contributed by atoms with Crippen LogP contribution < -0.4 is 5.32 Å². The number of thiophene rings is 1. The lowest BCUT2D eigenvalue weighted by molar-refractivity contribution is 0.396. The van der Waals surface area contributed by atoms with Crippen molar-refractivity contribution in [3.63, 3.8) is 0 Å². The minimum Gasteiger partial charge on any atom is -0.310 e. The molecular formula is C13H22BrNS. The molecule has 16 heavy (non-hydrogen) atoms. The third-order valence-electron chi connectivity index (χ3n) is 2.86. The number of halogens is 1. The summed E-state index contributed by atoms with van der Waals surface area (Å²) in [6.07, 6.45) is 3.85. The molecule has 3 heteroatoms. The van der Waals surface area contributed by atoms with E-state index >= 15 is 0 Å². The lowest BCUT2D eigenvalue weighted by atomic mass is 9.94. The van der Waals surface area contributed by atoms with Gasteiger partial charge in [0.15, 0.2) is 0 Å². The Balaban J connectivity index is 2.60. The molecule has 0 aliphatic carbocycles. The molecule has 0 aromatic carbocycles. The Hall–Kier alpha value is 0.140. The maximum Gasteiger partial charge on any atom is 0.0701 e. The molecule has 1 N–H and O–H groups in total. The summed E-state index contributed by atoms with van der Waals surface area (Å²) in [6.45, 7) is 7.84. The average Bonchev–Trinajstić information content (AvgIpc) is 2.64. The van der Waals surface area contributed by atoms with Crippen molar-refractivity contribution in [1.29, 1.82) is 0 Å². The van der Waals surface area contributed by atoms with Gasteiger partial charge in [0.1, 0.15) is 0 Å². The van der Waals surface area contributed by atoms with Gasteiger partial charge >= 0.3 is 0 Å². The molecule has 1 aromatic heterocycles. The molecular weight excluding hydrogens is 282 g/mol. The van der Waals surface area contributed by atoms with Gasteiger partial charge in [0.2, 0.25) is 0 Å². The van der Waals surface area contributed by atoms with E-state index < -0.39 is 0 Å². The predicted octanol–water partition coefficient (Wildman–Crippen LogP) is 4.99. The molecule has 1 rings (SSSR count). The quantitative estimate of drug-likeness (QED) is 0.748. The second kappa shape index (κ2) is 7.46. The SMILES string of the molecule is CCCC(C)CC(NCC)c1csc(Br)c1. The molecule has 1 nitrogen and oxygen atoms in total. The van der Waals surface area contributed by atoms with Gasteiger partial charge in [-0.1, -0.05) is 33.6 Å². The first-order chi connectivity index (χ1) is 7.67. The summed E-state index contributed by atoms with van der Waals surface area (Å²) in [6, 6.07) is 2.77. The van der Waals surface area contributed by atoms with Gasteiger partial charge < -0.3 is 5.32 Å². The smallest absolute Gasteiger partial charge is 0.0701 e. The summed E-state index contributed by atoms with van der Waals surface area (Å²) < 4.78 is 1.23. The normalized spacial score (nSPS) is 15.0. The fourth-order valence-corrected chi connectivity index (χ4v) is 3.33. The summed E-state index contributed by atoms with van der Waals surface area (Å²) in [4.78, 5) is 0. The van der Waals surface area contributed by atoms with E-state index in [0.29, 0.717) is 6.04 Å². The van der Waals surface area contributed by atoms with Gasteiger partial charge in [-0.25, -0.2) is 0 Å². The highest BCUT2D eigenvalue weighted by Gasteiger charge is 2.15. The van der Waals surface area contributed by atoms with Gasteiger partial charge in [0.05, 0.1) is 3.79 Å². The summed E-state index contributed by atoms with van der Waals surface area (Å²) in [5.74, 6) is 0.799. The lowest BCUT2D eigenvalue weighted by Crippen LogP contribution is -2.22. The summed E-state index contributed by atoms with van der Waals surface area (Å²) >= 11 is 5.31. The molecule has 2 unspecified atom stereocenters. The van der Waals surface area contributed by atoms with Crippen molar-refractivity contribution in [2.75, 3.05) is 6.54 Å². The Kier molecular flexibility index (Phi) is 6.62. The predicted molar refractivity (Wildman–Crippen MR) is 77.1 cm³/mol. The van der Waals surface area contributed by atoms with Gasteiger partial charge in [-0.3, -0.25) is 0 Å². The fourth-order valence-electron chi connectivity index (χ4n) is 2.10. The van der Waals surface area contributed by atoms with Gasteiger partial charge in [0.25, 0.3) is 0 Å². The number of hydrogen-bond donors (Lipinski definition) is 1. The highest BCUT2D eigenvalue weighted by atomic mass is 79.9. The van der Waals surface area contributed by atoms with Crippen LogP contribution in [0.1, 0.15) is 51.6 Å². The van der Waals surface area contributed by atoms with E-state index in [0.717, 1.165) is 12.5 Å². The van der Waals surface area contributed by atoms with Crippen LogP contribution in [0.25, 0.3) is 0 Å². The second-order valence-corrected chi connectivity index (χ2v) is 6.71. The van der Waals surface area contributed by atoms with Crippen molar-refractivity contribution in [3.05, 3.63) is 20.8 Å². The van der Waals surface area contributed by atoms with Crippen molar-refractivity contribution in [3.8, 4) is 0 Å². The number of hydrogen-bond acceptors (Lipinski definition) is 2. The molecule has 0 spiro atoms. The van der Waals surface area contributed by atoms with Crippen LogP contribution in [0.4, 0.5) is 0 Å². The first kappa shape index (κ1) is 14.2. The largest absolute Gasteiger partial charge is 0.310 e. The minimum atomic E-state index is 0.522. The summed E-state index contributed by atoms with van der Waals surface area (Å²) in [5.41, 5.74) is 1.43. The van der Waals surface area contributed by atoms with E-state index in [1.54, 1.807) is 11.3 Å². The minimum absolute atomic E-state index is 0.522. The van der Waals surface area contributed by atoms with E-state index in [1.807, 2.05) is 0 Å². The summed E-state index contributed by atoms with van der Waals surface area (Å²) in [5, 5.41) is 5.85. The molecule has 0 saturated heterocycles. The Bertz CT molecular complexity index is 298. The van der Waals surface area contributed by atoms with Crippen molar-refractivity contribution in [2.45, 2.75) is 46.1 Å². The van der Waals surface area contributed by atoms with Gasteiger partial charge in [0, 0.05) is 6.04 Å². The van der Waals surface area contributed by atoms with Gasteiger partial charge in [-0.05, 0) is 51.8 Å². The second-order valence-electron chi connectivity index (χ2n) is 4.42. The maximum absolute atomic E-state index is 3.59. The molecule has 0 aliphatic rings. The molecule has 0 bridgehead atoms. The van der Waals surface area contributed by atoms with E-state index in [-0.39, 0.29) is 0 Å². The monoisotopic (exact) mass is 303 g/mol. The highest BCUT2D eigenvalue weighted by molar-refractivity contribution is 9.11. The third-order valence-corrected chi connectivity index (χ3v) is 4.38. The van der Waals surface area contributed by atoms with Crippen LogP contribution in [0, 0.1) is 5.92 Å². The average molecular weight is 304 g/mol. The molecule has 0 radical (unpaired) electrons. The van der Waals surface area contributed by atoms with Crippen LogP contribution in [-0.2, 0) is 0 Å². The Morgan fingerprint density at radius 1 is 1.44 bits per heavy atom. The van der Waals surface area contributed by atoms with E-state index in [4.69, 9.17) is 0 Å². The zero-order valence-electron chi connectivity index (χ0n) is 10.4. The van der Waals surface area contributed by atoms with E-state index in [2.05, 4.69) is 53.5 Å². The Morgan fingerprint density at radius 2 is 2.19 bits per heavy atom. The van der Waals surface area contributed by atoms with Crippen LogP contribution in [0.5, 0.6) is 0 Å². The molecule has 0 saturated carbocycles. The highest BCUT2D eigenvalue weighted by Crippen LogP contribution is 2.29. The van der Waals surface area contributed by atoms with Crippen LogP contribution >= 0.6 is 27.3 Å². The molecule has 92 valence electrons. The van der Waals surface area contributed by atoms with Gasteiger partial charge in [-0.2, -0.15) is 0 Å². The lowest BCUT2D eigenvalue weighted by Gasteiger charge is -2.20. The van der Waals surface area contributed by atoms with Gasteiger partial charge in [-0.15, -0.1) is 11.3 Å². The third kappa shape index (κ3) is 4.56. The summed E-state index contributed by atoms with van der Waals surface area (Å²) in [7, 11) is 0. The van der Waals surface area contributed by atoms with Crippen LogP contribution in [0.3, 0.4) is 0 Å². The van der Waals surface area contributed by atoms with Crippen molar-refractivity contribution in [1.82, 2.24) is 5.32 Å². The Morgan fingerprint density at radius 3 is 2.69 bits per heavy atom. The van der Waals surface area contributed by atoms with Crippen LogP contribution in [0.2, 0.25) is 0 Å². The maximum atomic E-state index is 3.59. The molecule has 0 fully saturated rings. The molecule has 0 aliphatic heterocycles.